The number of nitrogens with one attached hydrogen (secondary N) is 2. The van der Waals surface area contributed by atoms with Gasteiger partial charge in [0, 0.05) is 33.4 Å². The third kappa shape index (κ3) is 16.1. The van der Waals surface area contributed by atoms with E-state index in [0.717, 1.165) is 25.5 Å². The summed E-state index contributed by atoms with van der Waals surface area (Å²) >= 11 is 0. The lowest BCUT2D eigenvalue weighted by Crippen LogP contribution is -2.42. The molecule has 0 bridgehead atoms. The molecule has 0 aromatic rings. The van der Waals surface area contributed by atoms with Crippen LogP contribution in [0.4, 0.5) is 0 Å². The van der Waals surface area contributed by atoms with Crippen LogP contribution in [-0.4, -0.2) is 52.5 Å². The molecule has 0 aromatic carbocycles. The summed E-state index contributed by atoms with van der Waals surface area (Å²) in [5.41, 5.74) is 0. The van der Waals surface area contributed by atoms with Gasteiger partial charge in [0.2, 0.25) is 0 Å². The van der Waals surface area contributed by atoms with E-state index >= 15 is 0 Å². The highest BCUT2D eigenvalue weighted by molar-refractivity contribution is 14.0. The summed E-state index contributed by atoms with van der Waals surface area (Å²) in [6.07, 6.45) is 6.00. The topological polar surface area (TPSA) is 54.9 Å². The summed E-state index contributed by atoms with van der Waals surface area (Å²) in [4.78, 5) is 4.24. The highest BCUT2D eigenvalue weighted by Gasteiger charge is 2.04. The molecule has 0 spiro atoms. The molecule has 0 aliphatic rings. The smallest absolute Gasteiger partial charge is 0.191 e. The third-order valence-electron chi connectivity index (χ3n) is 3.04. The molecule has 5 nitrogen and oxygen atoms in total. The van der Waals surface area contributed by atoms with Crippen molar-refractivity contribution in [1.82, 2.24) is 10.6 Å². The predicted molar refractivity (Wildman–Crippen MR) is 101 cm³/mol. The fourth-order valence-electron chi connectivity index (χ4n) is 1.83. The number of ether oxygens (including phenoxy) is 2. The number of hydrogen-bond donors (Lipinski definition) is 2. The molecule has 0 aliphatic heterocycles. The molecule has 1 unspecified atom stereocenters. The van der Waals surface area contributed by atoms with E-state index in [1.807, 2.05) is 7.05 Å². The van der Waals surface area contributed by atoms with Gasteiger partial charge in [-0.2, -0.15) is 0 Å². The van der Waals surface area contributed by atoms with Crippen LogP contribution in [0.25, 0.3) is 0 Å². The molecule has 0 fully saturated rings. The highest BCUT2D eigenvalue weighted by atomic mass is 127. The van der Waals surface area contributed by atoms with Gasteiger partial charge >= 0.3 is 0 Å². The number of aliphatic imine (C=N–C) groups is 1. The van der Waals surface area contributed by atoms with Crippen molar-refractivity contribution >= 4 is 29.9 Å². The first-order valence-corrected chi connectivity index (χ1v) is 7.78. The van der Waals surface area contributed by atoms with Gasteiger partial charge < -0.3 is 20.1 Å². The summed E-state index contributed by atoms with van der Waals surface area (Å²) in [5, 5.41) is 6.72. The van der Waals surface area contributed by atoms with Crippen molar-refractivity contribution in [2.45, 2.75) is 52.0 Å². The molecule has 0 aromatic heterocycles. The Hall–Kier alpha value is -0.0800. The molecule has 0 amide bonds. The SMILES string of the molecule is CCCCCC(C)NC(=NC)NCCCOCCOC.I. The number of hydrogen-bond acceptors (Lipinski definition) is 3. The molecule has 2 N–H and O–H groups in total. The van der Waals surface area contributed by atoms with E-state index in [-0.39, 0.29) is 24.0 Å². The van der Waals surface area contributed by atoms with Gasteiger partial charge in [-0.05, 0) is 19.8 Å². The minimum Gasteiger partial charge on any atom is -0.382 e. The fourth-order valence-corrected chi connectivity index (χ4v) is 1.83. The monoisotopic (exact) mass is 415 g/mol. The first kappa shape index (κ1) is 23.2. The van der Waals surface area contributed by atoms with E-state index in [9.17, 15) is 0 Å². The Labute approximate surface area is 147 Å². The number of unbranched alkanes of at least 4 members (excludes halogenated alkanes) is 2. The minimum atomic E-state index is 0. The van der Waals surface area contributed by atoms with E-state index in [1.54, 1.807) is 7.11 Å². The second-order valence-electron chi connectivity index (χ2n) is 5.00. The first-order valence-electron chi connectivity index (χ1n) is 7.78. The van der Waals surface area contributed by atoms with Crippen molar-refractivity contribution in [2.75, 3.05) is 40.5 Å². The lowest BCUT2D eigenvalue weighted by atomic mass is 10.1. The second kappa shape index (κ2) is 18.0. The minimum absolute atomic E-state index is 0. The van der Waals surface area contributed by atoms with Crippen LogP contribution < -0.4 is 10.6 Å². The van der Waals surface area contributed by atoms with Crippen LogP contribution in [-0.2, 0) is 9.47 Å². The summed E-state index contributed by atoms with van der Waals surface area (Å²) in [6, 6.07) is 0.464. The molecular formula is C15H34IN3O2. The summed E-state index contributed by atoms with van der Waals surface area (Å²) in [5.74, 6) is 0.880. The van der Waals surface area contributed by atoms with Crippen molar-refractivity contribution in [2.24, 2.45) is 4.99 Å². The van der Waals surface area contributed by atoms with Crippen LogP contribution in [0.5, 0.6) is 0 Å². The molecule has 128 valence electrons. The molecule has 6 heteroatoms. The molecule has 0 heterocycles. The van der Waals surface area contributed by atoms with Crippen molar-refractivity contribution in [1.29, 1.82) is 0 Å². The van der Waals surface area contributed by atoms with Gasteiger partial charge in [0.1, 0.15) is 0 Å². The normalized spacial score (nSPS) is 12.7. The summed E-state index contributed by atoms with van der Waals surface area (Å²) < 4.78 is 10.3. The van der Waals surface area contributed by atoms with Crippen LogP contribution in [0, 0.1) is 0 Å². The molecule has 21 heavy (non-hydrogen) atoms. The first-order chi connectivity index (χ1) is 9.74. The van der Waals surface area contributed by atoms with E-state index in [2.05, 4.69) is 29.5 Å². The molecule has 0 saturated heterocycles. The molecule has 0 rings (SSSR count). The van der Waals surface area contributed by atoms with Crippen LogP contribution >= 0.6 is 24.0 Å². The Morgan fingerprint density at radius 2 is 1.90 bits per heavy atom. The third-order valence-corrected chi connectivity index (χ3v) is 3.04. The van der Waals surface area contributed by atoms with Crippen molar-refractivity contribution < 1.29 is 9.47 Å². The molecule has 0 radical (unpaired) electrons. The number of rotatable bonds is 12. The standard InChI is InChI=1S/C15H33N3O2.HI/c1-5-6-7-9-14(2)18-15(16-3)17-10-8-11-20-13-12-19-4;/h14H,5-13H2,1-4H3,(H2,16,17,18);1H. The fraction of sp³-hybridized carbons (Fsp3) is 0.933. The zero-order valence-electron chi connectivity index (χ0n) is 14.1. The quantitative estimate of drug-likeness (QED) is 0.223. The van der Waals surface area contributed by atoms with Gasteiger partial charge in [-0.1, -0.05) is 26.2 Å². The lowest BCUT2D eigenvalue weighted by Gasteiger charge is -2.17. The number of nitrogens with zero attached hydrogens (tertiary/aromatic N) is 1. The Bertz CT molecular complexity index is 241. The largest absolute Gasteiger partial charge is 0.382 e. The van der Waals surface area contributed by atoms with Gasteiger partial charge in [0.25, 0.3) is 0 Å². The lowest BCUT2D eigenvalue weighted by molar-refractivity contribution is 0.0698. The van der Waals surface area contributed by atoms with Gasteiger partial charge in [0.15, 0.2) is 5.96 Å². The van der Waals surface area contributed by atoms with Gasteiger partial charge in [-0.15, -0.1) is 24.0 Å². The Morgan fingerprint density at radius 1 is 1.14 bits per heavy atom. The number of halogens is 1. The Morgan fingerprint density at radius 3 is 2.52 bits per heavy atom. The Kier molecular flexibility index (Phi) is 19.8. The zero-order chi connectivity index (χ0) is 15.1. The second-order valence-corrected chi connectivity index (χ2v) is 5.00. The average molecular weight is 415 g/mol. The maximum Gasteiger partial charge on any atom is 0.191 e. The maximum absolute atomic E-state index is 5.41. The molecular weight excluding hydrogens is 381 g/mol. The van der Waals surface area contributed by atoms with Crippen molar-refractivity contribution in [3.63, 3.8) is 0 Å². The predicted octanol–water partition coefficient (Wildman–Crippen LogP) is 2.79. The van der Waals surface area contributed by atoms with E-state index in [1.165, 1.54) is 25.7 Å². The molecule has 0 aliphatic carbocycles. The van der Waals surface area contributed by atoms with E-state index in [0.29, 0.717) is 19.3 Å². The number of guanidine groups is 1. The summed E-state index contributed by atoms with van der Waals surface area (Å²) in [7, 11) is 3.49. The van der Waals surface area contributed by atoms with Crippen LogP contribution in [0.1, 0.15) is 46.0 Å². The molecule has 1 atom stereocenters. The Balaban J connectivity index is 0. The van der Waals surface area contributed by atoms with E-state index in [4.69, 9.17) is 9.47 Å². The maximum atomic E-state index is 5.41. The van der Waals surface area contributed by atoms with Gasteiger partial charge in [-0.3, -0.25) is 4.99 Å². The van der Waals surface area contributed by atoms with Crippen molar-refractivity contribution in [3.05, 3.63) is 0 Å². The van der Waals surface area contributed by atoms with Crippen LogP contribution in [0.2, 0.25) is 0 Å². The van der Waals surface area contributed by atoms with Gasteiger partial charge in [-0.25, -0.2) is 0 Å². The van der Waals surface area contributed by atoms with Crippen LogP contribution in [0.3, 0.4) is 0 Å². The van der Waals surface area contributed by atoms with Gasteiger partial charge in [0.05, 0.1) is 13.2 Å². The molecule has 0 saturated carbocycles. The average Bonchev–Trinajstić information content (AvgIpc) is 2.45. The van der Waals surface area contributed by atoms with Crippen LogP contribution in [0.15, 0.2) is 4.99 Å². The highest BCUT2D eigenvalue weighted by Crippen LogP contribution is 2.02. The van der Waals surface area contributed by atoms with E-state index < -0.39 is 0 Å². The zero-order valence-corrected chi connectivity index (χ0v) is 16.4. The number of methoxy groups -OCH3 is 1. The van der Waals surface area contributed by atoms with Crippen molar-refractivity contribution in [3.8, 4) is 0 Å². The summed E-state index contributed by atoms with van der Waals surface area (Å²) in [6.45, 7) is 7.38.